The van der Waals surface area contributed by atoms with E-state index < -0.39 is 6.10 Å². The Bertz CT molecular complexity index is 784. The van der Waals surface area contributed by atoms with Gasteiger partial charge in [0, 0.05) is 18.1 Å². The lowest BCUT2D eigenvalue weighted by Gasteiger charge is -2.09. The Balaban J connectivity index is 1.67. The molecule has 1 N–H and O–H groups in total. The summed E-state index contributed by atoms with van der Waals surface area (Å²) >= 11 is 0. The summed E-state index contributed by atoms with van der Waals surface area (Å²) in [4.78, 5) is 17.4. The number of amides is 1. The van der Waals surface area contributed by atoms with Gasteiger partial charge in [0.1, 0.15) is 5.76 Å². The fourth-order valence-corrected chi connectivity index (χ4v) is 2.34. The number of hydrogen-bond donors (Lipinski definition) is 1. The van der Waals surface area contributed by atoms with Gasteiger partial charge in [-0.25, -0.2) is 0 Å². The second kappa shape index (κ2) is 6.61. The normalized spacial score (nSPS) is 16.3. The zero-order chi connectivity index (χ0) is 17.1. The lowest BCUT2D eigenvalue weighted by atomic mass is 10.0. The number of nitrogens with one attached hydrogen (secondary N) is 1. The van der Waals surface area contributed by atoms with Crippen molar-refractivity contribution in [2.24, 2.45) is 5.16 Å². The number of hydrogen-bond acceptors (Lipinski definition) is 7. The van der Waals surface area contributed by atoms with Crippen LogP contribution in [0.1, 0.15) is 17.7 Å². The van der Waals surface area contributed by atoms with Gasteiger partial charge in [0.25, 0.3) is 5.91 Å². The van der Waals surface area contributed by atoms with Gasteiger partial charge in [-0.3, -0.25) is 4.79 Å². The van der Waals surface area contributed by atoms with E-state index in [1.165, 1.54) is 0 Å². The van der Waals surface area contributed by atoms with Crippen LogP contribution >= 0.6 is 0 Å². The van der Waals surface area contributed by atoms with Crippen molar-refractivity contribution in [2.75, 3.05) is 19.5 Å². The van der Waals surface area contributed by atoms with Crippen LogP contribution in [0, 0.1) is 6.92 Å². The minimum atomic E-state index is -0.717. The zero-order valence-corrected chi connectivity index (χ0v) is 13.5. The van der Waals surface area contributed by atoms with E-state index in [-0.39, 0.29) is 5.91 Å². The molecule has 126 valence electrons. The maximum absolute atomic E-state index is 12.2. The molecule has 8 heteroatoms. The molecule has 0 unspecified atom stereocenters. The highest BCUT2D eigenvalue weighted by molar-refractivity contribution is 6.06. The van der Waals surface area contributed by atoms with Gasteiger partial charge in [-0.05, 0) is 25.1 Å². The maximum atomic E-state index is 12.2. The van der Waals surface area contributed by atoms with Crippen LogP contribution in [-0.4, -0.2) is 37.1 Å². The van der Waals surface area contributed by atoms with Gasteiger partial charge in [0.15, 0.2) is 17.3 Å². The van der Waals surface area contributed by atoms with Gasteiger partial charge in [0.2, 0.25) is 6.10 Å². The molecule has 8 nitrogen and oxygen atoms in total. The molecule has 24 heavy (non-hydrogen) atoms. The molecule has 0 bridgehead atoms. The molecule has 3 rings (SSSR count). The van der Waals surface area contributed by atoms with Crippen molar-refractivity contribution >= 4 is 17.4 Å². The SMILES string of the molecule is COc1ccc(C2=NO[C@H](C(=O)Nc3cc(C)on3)C2)cc1OC. The van der Waals surface area contributed by atoms with Crippen molar-refractivity contribution in [3.63, 3.8) is 0 Å². The van der Waals surface area contributed by atoms with Crippen molar-refractivity contribution in [3.05, 3.63) is 35.6 Å². The molecule has 0 saturated heterocycles. The fourth-order valence-electron chi connectivity index (χ4n) is 2.34. The highest BCUT2D eigenvalue weighted by atomic mass is 16.6. The Morgan fingerprint density at radius 3 is 2.71 bits per heavy atom. The summed E-state index contributed by atoms with van der Waals surface area (Å²) in [7, 11) is 3.13. The maximum Gasteiger partial charge on any atom is 0.269 e. The topological polar surface area (TPSA) is 95.2 Å². The smallest absolute Gasteiger partial charge is 0.269 e. The number of anilines is 1. The number of ether oxygens (including phenoxy) is 2. The molecule has 0 aliphatic carbocycles. The van der Waals surface area contributed by atoms with E-state index in [0.29, 0.717) is 35.2 Å². The Labute approximate surface area is 138 Å². The third-order valence-corrected chi connectivity index (χ3v) is 3.56. The molecule has 1 atom stereocenters. The van der Waals surface area contributed by atoms with E-state index >= 15 is 0 Å². The number of aromatic nitrogens is 1. The number of benzene rings is 1. The number of oxime groups is 1. The van der Waals surface area contributed by atoms with Gasteiger partial charge in [-0.15, -0.1) is 0 Å². The van der Waals surface area contributed by atoms with Crippen LogP contribution in [0.4, 0.5) is 5.82 Å². The summed E-state index contributed by atoms with van der Waals surface area (Å²) in [5.74, 6) is 1.84. The third kappa shape index (κ3) is 3.17. The molecule has 0 spiro atoms. The lowest BCUT2D eigenvalue weighted by molar-refractivity contribution is -0.125. The van der Waals surface area contributed by atoms with Crippen molar-refractivity contribution in [2.45, 2.75) is 19.4 Å². The van der Waals surface area contributed by atoms with Crippen molar-refractivity contribution in [3.8, 4) is 11.5 Å². The average molecular weight is 331 g/mol. The van der Waals surface area contributed by atoms with Crippen molar-refractivity contribution < 1.29 is 23.6 Å². The highest BCUT2D eigenvalue weighted by Gasteiger charge is 2.29. The van der Waals surface area contributed by atoms with E-state index in [0.717, 1.165) is 5.56 Å². The largest absolute Gasteiger partial charge is 0.493 e. The van der Waals surface area contributed by atoms with Crippen molar-refractivity contribution in [1.82, 2.24) is 5.16 Å². The number of aryl methyl sites for hydroxylation is 1. The molecule has 2 aromatic rings. The Morgan fingerprint density at radius 2 is 2.04 bits per heavy atom. The Morgan fingerprint density at radius 1 is 1.25 bits per heavy atom. The minimum Gasteiger partial charge on any atom is -0.493 e. The molecule has 2 heterocycles. The van der Waals surface area contributed by atoms with Gasteiger partial charge in [-0.1, -0.05) is 10.3 Å². The predicted molar refractivity (Wildman–Crippen MR) is 85.4 cm³/mol. The number of rotatable bonds is 5. The van der Waals surface area contributed by atoms with Crippen molar-refractivity contribution in [1.29, 1.82) is 0 Å². The average Bonchev–Trinajstić information content (AvgIpc) is 3.23. The van der Waals surface area contributed by atoms with E-state index in [4.69, 9.17) is 18.8 Å². The summed E-state index contributed by atoms with van der Waals surface area (Å²) in [6, 6.07) is 7.04. The standard InChI is InChI=1S/C16H17N3O5/c1-9-6-15(19-23-9)17-16(20)14-8-11(18-24-14)10-4-5-12(21-2)13(7-10)22-3/h4-7,14H,8H2,1-3H3,(H,17,19,20)/t14-/m0/s1. The number of carbonyl (C=O) groups is 1. The summed E-state index contributed by atoms with van der Waals surface area (Å²) in [5.41, 5.74) is 1.47. The summed E-state index contributed by atoms with van der Waals surface area (Å²) in [6.45, 7) is 1.74. The molecule has 1 aromatic heterocycles. The minimum absolute atomic E-state index is 0.331. The third-order valence-electron chi connectivity index (χ3n) is 3.56. The summed E-state index contributed by atoms with van der Waals surface area (Å²) < 4.78 is 15.4. The Hall–Kier alpha value is -3.03. The number of methoxy groups -OCH3 is 2. The molecule has 1 aromatic carbocycles. The Kier molecular flexibility index (Phi) is 4.37. The summed E-state index contributed by atoms with van der Waals surface area (Å²) in [5, 5.41) is 10.3. The molecular weight excluding hydrogens is 314 g/mol. The monoisotopic (exact) mass is 331 g/mol. The first-order chi connectivity index (χ1) is 11.6. The van der Waals surface area contributed by atoms with Gasteiger partial charge in [-0.2, -0.15) is 0 Å². The van der Waals surface area contributed by atoms with E-state index in [1.54, 1.807) is 39.3 Å². The number of nitrogens with zero attached hydrogens (tertiary/aromatic N) is 2. The van der Waals surface area contributed by atoms with Gasteiger partial charge < -0.3 is 24.2 Å². The molecule has 0 fully saturated rings. The van der Waals surface area contributed by atoms with Crippen LogP contribution in [0.3, 0.4) is 0 Å². The van der Waals surface area contributed by atoms with E-state index in [2.05, 4.69) is 15.6 Å². The fraction of sp³-hybridized carbons (Fsp3) is 0.312. The first kappa shape index (κ1) is 15.9. The van der Waals surface area contributed by atoms with Crippen LogP contribution in [0.25, 0.3) is 0 Å². The molecule has 0 radical (unpaired) electrons. The molecule has 1 amide bonds. The first-order valence-corrected chi connectivity index (χ1v) is 7.30. The zero-order valence-electron chi connectivity index (χ0n) is 13.5. The van der Waals surface area contributed by atoms with Gasteiger partial charge >= 0.3 is 0 Å². The summed E-state index contributed by atoms with van der Waals surface area (Å²) in [6.07, 6.45) is -0.372. The molecule has 1 aliphatic rings. The van der Waals surface area contributed by atoms with Gasteiger partial charge in [0.05, 0.1) is 19.9 Å². The molecular formula is C16H17N3O5. The quantitative estimate of drug-likeness (QED) is 0.902. The highest BCUT2D eigenvalue weighted by Crippen LogP contribution is 2.29. The number of carbonyl (C=O) groups excluding carboxylic acids is 1. The molecule has 1 aliphatic heterocycles. The van der Waals surface area contributed by atoms with Crippen LogP contribution < -0.4 is 14.8 Å². The second-order valence-corrected chi connectivity index (χ2v) is 5.22. The van der Waals surface area contributed by atoms with Crippen LogP contribution in [-0.2, 0) is 9.63 Å². The van der Waals surface area contributed by atoms with Crippen LogP contribution in [0.2, 0.25) is 0 Å². The first-order valence-electron chi connectivity index (χ1n) is 7.30. The van der Waals surface area contributed by atoms with E-state index in [1.807, 2.05) is 6.07 Å². The van der Waals surface area contributed by atoms with Crippen LogP contribution in [0.15, 0.2) is 33.9 Å². The second-order valence-electron chi connectivity index (χ2n) is 5.22. The predicted octanol–water partition coefficient (Wildman–Crippen LogP) is 2.13. The van der Waals surface area contributed by atoms with E-state index in [9.17, 15) is 4.79 Å². The van der Waals surface area contributed by atoms with Crippen LogP contribution in [0.5, 0.6) is 11.5 Å². The molecule has 0 saturated carbocycles. The lowest BCUT2D eigenvalue weighted by Crippen LogP contribution is -2.28.